The number of amides is 2. The van der Waals surface area contributed by atoms with E-state index < -0.39 is 0 Å². The van der Waals surface area contributed by atoms with E-state index in [1.54, 1.807) is 6.08 Å². The maximum atomic E-state index is 12.2. The van der Waals surface area contributed by atoms with E-state index in [2.05, 4.69) is 129 Å². The van der Waals surface area contributed by atoms with E-state index in [0.29, 0.717) is 30.2 Å². The molecule has 2 amide bonds. The number of hydrogen-bond donors (Lipinski definition) is 2. The Morgan fingerprint density at radius 2 is 1.59 bits per heavy atom. The topological polar surface area (TPSA) is 58.2 Å². The Bertz CT molecular complexity index is 1340. The number of carbonyl (C=O) groups is 2. The Labute approximate surface area is 301 Å². The Morgan fingerprint density at radius 3 is 2.14 bits per heavy atom. The van der Waals surface area contributed by atoms with Gasteiger partial charge in [-0.2, -0.15) is 0 Å². The molecule has 2 aromatic rings. The van der Waals surface area contributed by atoms with Crippen LogP contribution in [0.1, 0.15) is 121 Å². The summed E-state index contributed by atoms with van der Waals surface area (Å²) < 4.78 is 0. The van der Waals surface area contributed by atoms with Crippen molar-refractivity contribution in [3.63, 3.8) is 0 Å². The van der Waals surface area contributed by atoms with Crippen LogP contribution in [0.3, 0.4) is 0 Å². The van der Waals surface area contributed by atoms with Gasteiger partial charge in [-0.3, -0.25) is 9.59 Å². The smallest absolute Gasteiger partial charge is 0.244 e. The summed E-state index contributed by atoms with van der Waals surface area (Å²) in [6.45, 7) is 32.4. The maximum Gasteiger partial charge on any atom is 0.244 e. The quantitative estimate of drug-likeness (QED) is 0.130. The molecule has 5 atom stereocenters. The fourth-order valence-corrected chi connectivity index (χ4v) is 6.13. The Balaban J connectivity index is 0.000000929. The van der Waals surface area contributed by atoms with Crippen LogP contribution < -0.4 is 10.6 Å². The van der Waals surface area contributed by atoms with Crippen molar-refractivity contribution >= 4 is 11.8 Å². The molecule has 1 aliphatic carbocycles. The number of aryl methyl sites for hydroxylation is 4. The molecule has 2 aromatic carbocycles. The van der Waals surface area contributed by atoms with Gasteiger partial charge in [0.15, 0.2) is 0 Å². The molecule has 0 aromatic heterocycles. The second-order valence-electron chi connectivity index (χ2n) is 14.6. The number of allylic oxidation sites excluding steroid dienone is 2. The van der Waals surface area contributed by atoms with Crippen LogP contribution in [-0.2, 0) is 16.0 Å². The monoisotopic (exact) mass is 671 g/mol. The number of rotatable bonds is 17. The summed E-state index contributed by atoms with van der Waals surface area (Å²) in [5.41, 5.74) is 9.29. The molecular formula is C45H70N2O2. The van der Waals surface area contributed by atoms with Gasteiger partial charge in [0.05, 0.1) is 6.54 Å². The van der Waals surface area contributed by atoms with Crippen molar-refractivity contribution < 1.29 is 9.59 Å². The molecule has 2 N–H and O–H groups in total. The van der Waals surface area contributed by atoms with Gasteiger partial charge < -0.3 is 10.6 Å². The first kappa shape index (κ1) is 43.6. The van der Waals surface area contributed by atoms with Crippen LogP contribution >= 0.6 is 0 Å². The average molecular weight is 671 g/mol. The highest BCUT2D eigenvalue weighted by Crippen LogP contribution is 2.52. The fraction of sp³-hybridized carbons (Fsp3) is 0.556. The first-order valence-electron chi connectivity index (χ1n) is 18.9. The van der Waals surface area contributed by atoms with Gasteiger partial charge in [0.2, 0.25) is 11.8 Å². The van der Waals surface area contributed by atoms with E-state index in [-0.39, 0.29) is 24.3 Å². The van der Waals surface area contributed by atoms with Crippen molar-refractivity contribution in [3.8, 4) is 0 Å². The summed E-state index contributed by atoms with van der Waals surface area (Å²) >= 11 is 0. The van der Waals surface area contributed by atoms with Crippen molar-refractivity contribution in [2.75, 3.05) is 13.1 Å². The first-order valence-corrected chi connectivity index (χ1v) is 18.9. The van der Waals surface area contributed by atoms with Gasteiger partial charge in [-0.05, 0) is 130 Å². The predicted molar refractivity (Wildman–Crippen MR) is 213 cm³/mol. The van der Waals surface area contributed by atoms with Crippen molar-refractivity contribution in [1.29, 1.82) is 0 Å². The van der Waals surface area contributed by atoms with Crippen LogP contribution in [0.15, 0.2) is 78.9 Å². The van der Waals surface area contributed by atoms with Crippen LogP contribution in [0.5, 0.6) is 0 Å². The number of hydrogen-bond acceptors (Lipinski definition) is 2. The lowest BCUT2D eigenvalue weighted by atomic mass is 9.83. The standard InChI is InChI=1S/C34H52N2O2.C9H12.C2H6/c1-9-28-14-16-29(17-15-28)32-20-31(32)25(6)12-10-11-13-33(37)36-22-34(38)35-21-27(8)26(7)19-30(24(4)5)18-23(2)3;1-7-4-5-8(2)9(3)6-7;1-2/h11,13-17,23,25,27,30-32H,4,7,9-10,12,18-22H2,1-3,5-6,8H3,(H,35,38)(H,36,37);4-6H,1-3H3;1-2H3/b13-11+;;/t25-,27+,30+,31?,32+;;/m0../s1. The number of carbonyl (C=O) groups excluding carboxylic acids is 2. The zero-order valence-corrected chi connectivity index (χ0v) is 33.0. The van der Waals surface area contributed by atoms with Gasteiger partial charge in [0, 0.05) is 6.54 Å². The summed E-state index contributed by atoms with van der Waals surface area (Å²) in [7, 11) is 0. The molecule has 1 aliphatic rings. The molecule has 1 fully saturated rings. The Kier molecular flexibility index (Phi) is 20.6. The molecule has 4 nitrogen and oxygen atoms in total. The molecule has 0 saturated heterocycles. The van der Waals surface area contributed by atoms with Crippen molar-refractivity contribution in [2.45, 2.75) is 121 Å². The molecule has 3 rings (SSSR count). The molecule has 0 radical (unpaired) electrons. The van der Waals surface area contributed by atoms with Crippen LogP contribution in [0.2, 0.25) is 0 Å². The highest BCUT2D eigenvalue weighted by atomic mass is 16.2. The third kappa shape index (κ3) is 17.2. The van der Waals surface area contributed by atoms with E-state index in [0.717, 1.165) is 43.6 Å². The first-order chi connectivity index (χ1) is 23.2. The van der Waals surface area contributed by atoms with E-state index in [1.165, 1.54) is 39.8 Å². The summed E-state index contributed by atoms with van der Waals surface area (Å²) in [6.07, 6.45) is 9.79. The van der Waals surface area contributed by atoms with Crippen molar-refractivity contribution in [1.82, 2.24) is 10.6 Å². The fourth-order valence-electron chi connectivity index (χ4n) is 6.13. The molecule has 1 unspecified atom stereocenters. The third-order valence-corrected chi connectivity index (χ3v) is 9.79. The van der Waals surface area contributed by atoms with E-state index >= 15 is 0 Å². The average Bonchev–Trinajstić information content (AvgIpc) is 3.88. The molecule has 0 spiro atoms. The molecule has 49 heavy (non-hydrogen) atoms. The summed E-state index contributed by atoms with van der Waals surface area (Å²) in [4.78, 5) is 24.4. The minimum absolute atomic E-state index is 0.0128. The zero-order chi connectivity index (χ0) is 37.1. The van der Waals surface area contributed by atoms with Crippen LogP contribution in [0.25, 0.3) is 0 Å². The van der Waals surface area contributed by atoms with Gasteiger partial charge >= 0.3 is 0 Å². The highest BCUT2D eigenvalue weighted by molar-refractivity contribution is 5.91. The highest BCUT2D eigenvalue weighted by Gasteiger charge is 2.41. The van der Waals surface area contributed by atoms with Crippen LogP contribution in [0.4, 0.5) is 0 Å². The van der Waals surface area contributed by atoms with Gasteiger partial charge in [0.1, 0.15) is 0 Å². The molecule has 0 bridgehead atoms. The second kappa shape index (κ2) is 23.1. The number of benzene rings is 2. The third-order valence-electron chi connectivity index (χ3n) is 9.79. The molecular weight excluding hydrogens is 601 g/mol. The minimum atomic E-state index is -0.219. The molecule has 4 heteroatoms. The molecule has 0 aliphatic heterocycles. The Morgan fingerprint density at radius 1 is 0.939 bits per heavy atom. The molecule has 272 valence electrons. The van der Waals surface area contributed by atoms with Crippen molar-refractivity contribution in [2.24, 2.45) is 29.6 Å². The van der Waals surface area contributed by atoms with Gasteiger partial charge in [-0.25, -0.2) is 0 Å². The Hall–Kier alpha value is -3.40. The van der Waals surface area contributed by atoms with E-state index in [9.17, 15) is 9.59 Å². The SMILES string of the molecule is C=C(C)[C@@H](CC(=C)[C@H](C)CNC(=O)CNC(=O)/C=C/CC[C@H](C)C1C[C@@H]1c1ccc(CC)cc1)CC(C)C.CC.Cc1ccc(C)c(C)c1. The normalized spacial score (nSPS) is 16.7. The zero-order valence-electron chi connectivity index (χ0n) is 33.0. The second-order valence-corrected chi connectivity index (χ2v) is 14.6. The van der Waals surface area contributed by atoms with Gasteiger partial charge in [-0.15, -0.1) is 0 Å². The predicted octanol–water partition coefficient (Wildman–Crippen LogP) is 11.0. The maximum absolute atomic E-state index is 12.2. The lowest BCUT2D eigenvalue weighted by Gasteiger charge is -2.23. The van der Waals surface area contributed by atoms with Crippen LogP contribution in [-0.4, -0.2) is 24.9 Å². The van der Waals surface area contributed by atoms with Crippen LogP contribution in [0, 0.1) is 50.4 Å². The van der Waals surface area contributed by atoms with Crippen molar-refractivity contribution in [3.05, 3.63) is 107 Å². The summed E-state index contributed by atoms with van der Waals surface area (Å²) in [5, 5.41) is 5.62. The minimum Gasteiger partial charge on any atom is -0.354 e. The lowest BCUT2D eigenvalue weighted by Crippen LogP contribution is -2.38. The van der Waals surface area contributed by atoms with E-state index in [1.807, 2.05) is 19.9 Å². The lowest BCUT2D eigenvalue weighted by molar-refractivity contribution is -0.124. The number of nitrogens with one attached hydrogen (secondary N) is 2. The summed E-state index contributed by atoms with van der Waals surface area (Å²) in [6, 6.07) is 15.6. The molecule has 0 heterocycles. The largest absolute Gasteiger partial charge is 0.354 e. The van der Waals surface area contributed by atoms with E-state index in [4.69, 9.17) is 0 Å². The summed E-state index contributed by atoms with van der Waals surface area (Å²) in [5.74, 6) is 2.89. The molecule has 1 saturated carbocycles. The van der Waals surface area contributed by atoms with Gasteiger partial charge in [-0.1, -0.05) is 127 Å². The van der Waals surface area contributed by atoms with Gasteiger partial charge in [0.25, 0.3) is 0 Å².